The number of carbonyl (C=O) groups is 1. The SMILES string of the molecule is O=C(c1cccc(Br)c1)c1ccc2c3ccccc3n(-c3nccc4c3oc3ccccc34)c2c1. The number of halogens is 1. The Morgan fingerprint density at radius 3 is 2.37 bits per heavy atom. The van der Waals surface area contributed by atoms with E-state index < -0.39 is 0 Å². The van der Waals surface area contributed by atoms with Crippen molar-refractivity contribution in [2.24, 2.45) is 0 Å². The van der Waals surface area contributed by atoms with Gasteiger partial charge >= 0.3 is 0 Å². The van der Waals surface area contributed by atoms with E-state index in [-0.39, 0.29) is 5.78 Å². The third-order valence-corrected chi connectivity index (χ3v) is 7.00. The van der Waals surface area contributed by atoms with Gasteiger partial charge in [-0.25, -0.2) is 4.98 Å². The highest BCUT2D eigenvalue weighted by molar-refractivity contribution is 9.10. The predicted octanol–water partition coefficient (Wildman–Crippen LogP) is 8.07. The zero-order valence-electron chi connectivity index (χ0n) is 18.4. The molecule has 166 valence electrons. The highest BCUT2D eigenvalue weighted by Gasteiger charge is 2.20. The molecule has 3 aromatic heterocycles. The summed E-state index contributed by atoms with van der Waals surface area (Å²) < 4.78 is 9.29. The van der Waals surface area contributed by atoms with E-state index in [2.05, 4.69) is 38.7 Å². The maximum absolute atomic E-state index is 13.4. The number of hydrogen-bond acceptors (Lipinski definition) is 3. The monoisotopic (exact) mass is 516 g/mol. The Morgan fingerprint density at radius 2 is 1.49 bits per heavy atom. The molecular weight excluding hydrogens is 500 g/mol. The van der Waals surface area contributed by atoms with Crippen LogP contribution in [0.1, 0.15) is 15.9 Å². The van der Waals surface area contributed by atoms with Crippen LogP contribution in [0.3, 0.4) is 0 Å². The number of fused-ring (bicyclic) bond motifs is 6. The van der Waals surface area contributed by atoms with Gasteiger partial charge in [0.05, 0.1) is 11.0 Å². The largest absolute Gasteiger partial charge is 0.452 e. The number of hydrogen-bond donors (Lipinski definition) is 0. The van der Waals surface area contributed by atoms with Crippen molar-refractivity contribution < 1.29 is 9.21 Å². The number of aromatic nitrogens is 2. The topological polar surface area (TPSA) is 48.0 Å². The van der Waals surface area contributed by atoms with Crippen molar-refractivity contribution in [1.29, 1.82) is 0 Å². The van der Waals surface area contributed by atoms with Crippen molar-refractivity contribution in [3.05, 3.63) is 119 Å². The highest BCUT2D eigenvalue weighted by atomic mass is 79.9. The van der Waals surface area contributed by atoms with Crippen LogP contribution in [-0.4, -0.2) is 15.3 Å². The van der Waals surface area contributed by atoms with Crippen LogP contribution in [0.2, 0.25) is 0 Å². The normalized spacial score (nSPS) is 11.7. The smallest absolute Gasteiger partial charge is 0.193 e. The van der Waals surface area contributed by atoms with E-state index in [9.17, 15) is 4.79 Å². The van der Waals surface area contributed by atoms with Gasteiger partial charge in [0.15, 0.2) is 17.2 Å². The Labute approximate surface area is 208 Å². The number of benzene rings is 4. The molecule has 0 atom stereocenters. The summed E-state index contributed by atoms with van der Waals surface area (Å²) >= 11 is 3.47. The van der Waals surface area contributed by atoms with Crippen LogP contribution in [0.5, 0.6) is 0 Å². The van der Waals surface area contributed by atoms with Gasteiger partial charge in [-0.05, 0) is 36.4 Å². The second kappa shape index (κ2) is 7.65. The van der Waals surface area contributed by atoms with E-state index in [1.165, 1.54) is 0 Å². The van der Waals surface area contributed by atoms with Crippen molar-refractivity contribution in [3.8, 4) is 5.82 Å². The molecule has 0 saturated carbocycles. The molecule has 0 spiro atoms. The molecule has 0 radical (unpaired) electrons. The molecule has 4 aromatic carbocycles. The molecule has 35 heavy (non-hydrogen) atoms. The Kier molecular flexibility index (Phi) is 4.41. The van der Waals surface area contributed by atoms with Crippen molar-refractivity contribution in [2.75, 3.05) is 0 Å². The molecule has 0 aliphatic rings. The van der Waals surface area contributed by atoms with E-state index in [0.717, 1.165) is 48.2 Å². The summed E-state index contributed by atoms with van der Waals surface area (Å²) in [6, 6.07) is 31.6. The fourth-order valence-corrected chi connectivity index (χ4v) is 5.33. The molecule has 0 fully saturated rings. The standard InChI is InChI=1S/C30H17BrN2O2/c31-20-7-5-6-18(16-20)28(34)19-12-13-22-21-8-1-3-10-25(21)33(26(22)17-19)30-29-24(14-15-32-30)23-9-2-4-11-27(23)35-29/h1-17H. The molecule has 4 nitrogen and oxygen atoms in total. The fraction of sp³-hybridized carbons (Fsp3) is 0. The first-order chi connectivity index (χ1) is 17.2. The number of pyridine rings is 1. The third-order valence-electron chi connectivity index (χ3n) is 6.51. The van der Waals surface area contributed by atoms with Crippen LogP contribution in [0.15, 0.2) is 112 Å². The minimum absolute atomic E-state index is 0.0279. The molecule has 0 bridgehead atoms. The lowest BCUT2D eigenvalue weighted by atomic mass is 10.0. The summed E-state index contributed by atoms with van der Waals surface area (Å²) in [6.45, 7) is 0. The lowest BCUT2D eigenvalue weighted by Crippen LogP contribution is -2.02. The van der Waals surface area contributed by atoms with Crippen molar-refractivity contribution in [2.45, 2.75) is 0 Å². The molecule has 7 rings (SSSR count). The van der Waals surface area contributed by atoms with Gasteiger partial charge in [0.25, 0.3) is 0 Å². The Balaban J connectivity index is 1.54. The minimum Gasteiger partial charge on any atom is -0.452 e. The van der Waals surface area contributed by atoms with Gasteiger partial charge in [-0.15, -0.1) is 0 Å². The Bertz CT molecular complexity index is 1950. The molecule has 0 saturated heterocycles. The summed E-state index contributed by atoms with van der Waals surface area (Å²) in [7, 11) is 0. The predicted molar refractivity (Wildman–Crippen MR) is 143 cm³/mol. The van der Waals surface area contributed by atoms with Gasteiger partial charge in [-0.3, -0.25) is 9.36 Å². The molecule has 3 heterocycles. The van der Waals surface area contributed by atoms with Crippen LogP contribution < -0.4 is 0 Å². The second-order valence-corrected chi connectivity index (χ2v) is 9.45. The lowest BCUT2D eigenvalue weighted by Gasteiger charge is -2.08. The number of rotatable bonds is 3. The zero-order chi connectivity index (χ0) is 23.5. The summed E-state index contributed by atoms with van der Waals surface area (Å²) in [6.07, 6.45) is 1.82. The molecule has 7 aromatic rings. The van der Waals surface area contributed by atoms with Gasteiger partial charge in [-0.1, -0.05) is 76.6 Å². The first kappa shape index (κ1) is 20.2. The molecule has 5 heteroatoms. The van der Waals surface area contributed by atoms with Gasteiger partial charge < -0.3 is 4.42 Å². The van der Waals surface area contributed by atoms with Crippen LogP contribution in [0.4, 0.5) is 0 Å². The lowest BCUT2D eigenvalue weighted by molar-refractivity contribution is 0.103. The first-order valence-electron chi connectivity index (χ1n) is 11.3. The fourth-order valence-electron chi connectivity index (χ4n) is 4.93. The number of carbonyl (C=O) groups excluding carboxylic acids is 1. The van der Waals surface area contributed by atoms with E-state index in [1.807, 2.05) is 85.1 Å². The molecule has 0 aliphatic heterocycles. The van der Waals surface area contributed by atoms with Crippen LogP contribution in [-0.2, 0) is 0 Å². The van der Waals surface area contributed by atoms with Gasteiger partial charge in [0.2, 0.25) is 0 Å². The van der Waals surface area contributed by atoms with Crippen molar-refractivity contribution in [3.63, 3.8) is 0 Å². The van der Waals surface area contributed by atoms with E-state index >= 15 is 0 Å². The average molecular weight is 517 g/mol. The summed E-state index contributed by atoms with van der Waals surface area (Å²) in [5, 5.41) is 4.22. The quantitative estimate of drug-likeness (QED) is 0.223. The highest BCUT2D eigenvalue weighted by Crippen LogP contribution is 2.37. The summed E-state index contributed by atoms with van der Waals surface area (Å²) in [4.78, 5) is 18.1. The van der Waals surface area contributed by atoms with Gasteiger partial charge in [0, 0.05) is 43.3 Å². The van der Waals surface area contributed by atoms with E-state index in [0.29, 0.717) is 16.9 Å². The van der Waals surface area contributed by atoms with E-state index in [4.69, 9.17) is 9.40 Å². The maximum Gasteiger partial charge on any atom is 0.193 e. The van der Waals surface area contributed by atoms with Crippen LogP contribution in [0.25, 0.3) is 49.6 Å². The molecule has 0 amide bonds. The second-order valence-electron chi connectivity index (χ2n) is 8.53. The molecular formula is C30H17BrN2O2. The Hall–Kier alpha value is -4.22. The maximum atomic E-state index is 13.4. The Morgan fingerprint density at radius 1 is 0.714 bits per heavy atom. The molecule has 0 N–H and O–H groups in total. The average Bonchev–Trinajstić information content (AvgIpc) is 3.44. The van der Waals surface area contributed by atoms with E-state index in [1.54, 1.807) is 0 Å². The number of furan rings is 1. The van der Waals surface area contributed by atoms with Crippen molar-refractivity contribution >= 4 is 65.5 Å². The van der Waals surface area contributed by atoms with Crippen molar-refractivity contribution in [1.82, 2.24) is 9.55 Å². The summed E-state index contributed by atoms with van der Waals surface area (Å²) in [5.74, 6) is 0.678. The van der Waals surface area contributed by atoms with Crippen LogP contribution >= 0.6 is 15.9 Å². The summed E-state index contributed by atoms with van der Waals surface area (Å²) in [5.41, 5.74) is 4.72. The number of ketones is 1. The van der Waals surface area contributed by atoms with Gasteiger partial charge in [0.1, 0.15) is 5.58 Å². The third kappa shape index (κ3) is 3.05. The number of nitrogens with zero attached hydrogens (tertiary/aromatic N) is 2. The van der Waals surface area contributed by atoms with Gasteiger partial charge in [-0.2, -0.15) is 0 Å². The number of para-hydroxylation sites is 2. The molecule has 0 unspecified atom stereocenters. The van der Waals surface area contributed by atoms with Crippen LogP contribution in [0, 0.1) is 0 Å². The minimum atomic E-state index is -0.0279. The first-order valence-corrected chi connectivity index (χ1v) is 12.1. The zero-order valence-corrected chi connectivity index (χ0v) is 20.0. The molecule has 0 aliphatic carbocycles.